The van der Waals surface area contributed by atoms with Gasteiger partial charge in [-0.15, -0.1) is 24.8 Å². The zero-order chi connectivity index (χ0) is 14.6. The van der Waals surface area contributed by atoms with Crippen molar-refractivity contribution in [2.45, 2.75) is 11.7 Å². The van der Waals surface area contributed by atoms with Gasteiger partial charge in [0.15, 0.2) is 5.38 Å². The zero-order valence-corrected chi connectivity index (χ0v) is 11.4. The van der Waals surface area contributed by atoms with Crippen LogP contribution in [0.4, 0.5) is 13.2 Å². The molecule has 1 unspecified atom stereocenters. The average Bonchev–Trinajstić information content (AvgIpc) is 2.27. The van der Waals surface area contributed by atoms with Crippen LogP contribution >= 0.6 is 27.5 Å². The Morgan fingerprint density at radius 1 is 1.47 bits per heavy atom. The van der Waals surface area contributed by atoms with E-state index in [0.717, 1.165) is 6.07 Å². The molecule has 0 bridgehead atoms. The second-order valence-corrected chi connectivity index (χ2v) is 4.64. The molecule has 0 saturated heterocycles. The normalized spacial score (nSPS) is 12.9. The highest BCUT2D eigenvalue weighted by Gasteiger charge is 2.32. The smallest absolute Gasteiger partial charge is 0.491 e. The summed E-state index contributed by atoms with van der Waals surface area (Å²) < 4.78 is 44.8. The maximum atomic E-state index is 12.0. The molecule has 0 radical (unpaired) electrons. The van der Waals surface area contributed by atoms with Crippen molar-refractivity contribution < 1.29 is 32.5 Å². The van der Waals surface area contributed by atoms with Crippen LogP contribution < -0.4 is 9.47 Å². The Morgan fingerprint density at radius 2 is 2.11 bits per heavy atom. The summed E-state index contributed by atoms with van der Waals surface area (Å²) in [7, 11) is 0. The molecule has 9 heteroatoms. The van der Waals surface area contributed by atoms with Gasteiger partial charge < -0.3 is 14.6 Å². The number of carboxylic acid groups (broad SMARTS) is 1. The molecule has 1 N–H and O–H groups in total. The minimum absolute atomic E-state index is 0.0174. The van der Waals surface area contributed by atoms with E-state index in [9.17, 15) is 18.0 Å². The van der Waals surface area contributed by atoms with Crippen LogP contribution in [0.2, 0.25) is 0 Å². The van der Waals surface area contributed by atoms with Gasteiger partial charge >= 0.3 is 12.3 Å². The summed E-state index contributed by atoms with van der Waals surface area (Å²) in [5.41, 5.74) is 0. The fraction of sp³-hybridized carbons (Fsp3) is 0.300. The van der Waals surface area contributed by atoms with E-state index in [1.54, 1.807) is 0 Å². The molecule has 0 amide bonds. The highest BCUT2D eigenvalue weighted by Crippen LogP contribution is 2.33. The first-order chi connectivity index (χ1) is 8.69. The molecule has 19 heavy (non-hydrogen) atoms. The summed E-state index contributed by atoms with van der Waals surface area (Å²) in [6.45, 7) is -0.317. The Balaban J connectivity index is 2.69. The Hall–Kier alpha value is -1.15. The monoisotopic (exact) mass is 362 g/mol. The van der Waals surface area contributed by atoms with Crippen molar-refractivity contribution in [2.75, 3.05) is 6.61 Å². The number of benzene rings is 1. The quantitative estimate of drug-likeness (QED) is 0.815. The van der Waals surface area contributed by atoms with Crippen molar-refractivity contribution in [1.29, 1.82) is 0 Å². The van der Waals surface area contributed by atoms with E-state index >= 15 is 0 Å². The van der Waals surface area contributed by atoms with E-state index < -0.39 is 23.5 Å². The summed E-state index contributed by atoms with van der Waals surface area (Å²) >= 11 is 8.30. The number of rotatable bonds is 5. The highest BCUT2D eigenvalue weighted by atomic mass is 79.9. The third-order valence-corrected chi connectivity index (χ3v) is 2.73. The minimum Gasteiger partial charge on any atom is -0.491 e. The van der Waals surface area contributed by atoms with E-state index in [1.165, 1.54) is 12.1 Å². The van der Waals surface area contributed by atoms with Crippen molar-refractivity contribution >= 4 is 33.5 Å². The third kappa shape index (κ3) is 5.56. The number of alkyl halides is 4. The largest absolute Gasteiger partial charge is 0.573 e. The van der Waals surface area contributed by atoms with Gasteiger partial charge in [0.05, 0.1) is 4.47 Å². The summed E-state index contributed by atoms with van der Waals surface area (Å²) in [5, 5.41) is 7.27. The van der Waals surface area contributed by atoms with Crippen LogP contribution in [0.3, 0.4) is 0 Å². The molecule has 0 aliphatic rings. The fourth-order valence-electron chi connectivity index (χ4n) is 1.02. The van der Waals surface area contributed by atoms with Crippen LogP contribution in [0, 0.1) is 0 Å². The Labute approximate surface area is 119 Å². The second kappa shape index (κ2) is 6.33. The number of aliphatic carboxylic acids is 1. The van der Waals surface area contributed by atoms with Gasteiger partial charge in [-0.3, -0.25) is 4.79 Å². The predicted molar refractivity (Wildman–Crippen MR) is 63.6 cm³/mol. The van der Waals surface area contributed by atoms with Crippen molar-refractivity contribution in [3.8, 4) is 11.5 Å². The minimum atomic E-state index is -4.80. The van der Waals surface area contributed by atoms with Crippen LogP contribution in [0.15, 0.2) is 22.7 Å². The maximum Gasteiger partial charge on any atom is 0.573 e. The van der Waals surface area contributed by atoms with E-state index in [4.69, 9.17) is 21.4 Å². The third-order valence-electron chi connectivity index (χ3n) is 1.79. The number of ether oxygens (including phenoxy) is 2. The first-order valence-corrected chi connectivity index (χ1v) is 5.97. The van der Waals surface area contributed by atoms with Gasteiger partial charge in [-0.05, 0) is 34.1 Å². The van der Waals surface area contributed by atoms with E-state index in [1.807, 2.05) is 0 Å². The van der Waals surface area contributed by atoms with Crippen molar-refractivity contribution in [1.82, 2.24) is 0 Å². The van der Waals surface area contributed by atoms with E-state index in [2.05, 4.69) is 20.7 Å². The molecule has 0 aliphatic heterocycles. The van der Waals surface area contributed by atoms with Crippen LogP contribution in [-0.2, 0) is 4.79 Å². The van der Waals surface area contributed by atoms with Gasteiger partial charge in [0, 0.05) is 0 Å². The molecule has 4 nitrogen and oxygen atoms in total. The van der Waals surface area contributed by atoms with E-state index in [-0.39, 0.29) is 16.8 Å². The number of hydrogen-bond acceptors (Lipinski definition) is 3. The molecule has 0 fully saturated rings. The highest BCUT2D eigenvalue weighted by molar-refractivity contribution is 9.10. The topological polar surface area (TPSA) is 55.8 Å². The molecule has 0 aromatic heterocycles. The summed E-state index contributed by atoms with van der Waals surface area (Å²) in [4.78, 5) is 10.4. The molecule has 0 spiro atoms. The molecule has 0 saturated carbocycles. The van der Waals surface area contributed by atoms with Crippen LogP contribution in [0.25, 0.3) is 0 Å². The van der Waals surface area contributed by atoms with Crippen LogP contribution in [0.1, 0.15) is 0 Å². The first-order valence-electron chi connectivity index (χ1n) is 4.74. The Morgan fingerprint density at radius 3 is 2.58 bits per heavy atom. The van der Waals surface area contributed by atoms with Gasteiger partial charge in [0.25, 0.3) is 0 Å². The molecule has 1 aromatic carbocycles. The number of hydrogen-bond donors (Lipinski definition) is 1. The molecule has 0 aliphatic carbocycles. The molecule has 1 aromatic rings. The van der Waals surface area contributed by atoms with Crippen LogP contribution in [-0.4, -0.2) is 29.4 Å². The number of halogens is 5. The molecule has 1 rings (SSSR count). The first kappa shape index (κ1) is 15.9. The summed E-state index contributed by atoms with van der Waals surface area (Å²) in [6, 6.07) is 3.46. The summed E-state index contributed by atoms with van der Waals surface area (Å²) in [6.07, 6.45) is -4.80. The predicted octanol–water partition coefficient (Wildman–Crippen LogP) is 3.42. The second-order valence-electron chi connectivity index (χ2n) is 3.26. The van der Waals surface area contributed by atoms with Gasteiger partial charge in [-0.25, -0.2) is 0 Å². The van der Waals surface area contributed by atoms with Gasteiger partial charge in [-0.1, -0.05) is 0 Å². The maximum absolute atomic E-state index is 12.0. The van der Waals surface area contributed by atoms with Gasteiger partial charge in [0.1, 0.15) is 18.1 Å². The fourth-order valence-corrected chi connectivity index (χ4v) is 1.52. The standard InChI is InChI=1S/C10H7BrClF3O4/c11-6-3-5(18-4-7(12)9(16)17)1-2-8(6)19-10(13,14)15/h1-3,7H,4H2,(H,16,17). The average molecular weight is 364 g/mol. The molecule has 0 heterocycles. The van der Waals surface area contributed by atoms with Gasteiger partial charge in [0.2, 0.25) is 0 Å². The summed E-state index contributed by atoms with van der Waals surface area (Å²) in [5.74, 6) is -1.52. The number of carboxylic acids is 1. The number of carbonyl (C=O) groups is 1. The lowest BCUT2D eigenvalue weighted by Crippen LogP contribution is -2.21. The Bertz CT molecular complexity index is 467. The lowest BCUT2D eigenvalue weighted by molar-refractivity contribution is -0.274. The Kier molecular flexibility index (Phi) is 5.30. The van der Waals surface area contributed by atoms with E-state index in [0.29, 0.717) is 0 Å². The molecular formula is C10H7BrClF3O4. The zero-order valence-electron chi connectivity index (χ0n) is 9.08. The van der Waals surface area contributed by atoms with Crippen molar-refractivity contribution in [2.24, 2.45) is 0 Å². The van der Waals surface area contributed by atoms with Crippen LogP contribution in [0.5, 0.6) is 11.5 Å². The van der Waals surface area contributed by atoms with Crippen molar-refractivity contribution in [3.63, 3.8) is 0 Å². The SMILES string of the molecule is O=C(O)C(Cl)COc1ccc(OC(F)(F)F)c(Br)c1. The lowest BCUT2D eigenvalue weighted by Gasteiger charge is -2.12. The molecule has 1 atom stereocenters. The lowest BCUT2D eigenvalue weighted by atomic mass is 10.3. The van der Waals surface area contributed by atoms with Gasteiger partial charge in [-0.2, -0.15) is 0 Å². The van der Waals surface area contributed by atoms with Crippen molar-refractivity contribution in [3.05, 3.63) is 22.7 Å². The molecular weight excluding hydrogens is 356 g/mol. The molecule has 106 valence electrons.